The molecule has 25 heavy (non-hydrogen) atoms. The highest BCUT2D eigenvalue weighted by Gasteiger charge is 2.22. The van der Waals surface area contributed by atoms with E-state index in [-0.39, 0.29) is 22.8 Å². The SMILES string of the molecule is COc1ccc(C(=O)NC2=NCCS2)cc1S(=O)(=O)NCCN(C)C. The monoisotopic (exact) mass is 386 g/mol. The molecule has 2 N–H and O–H groups in total. The predicted molar refractivity (Wildman–Crippen MR) is 99.0 cm³/mol. The zero-order valence-corrected chi connectivity index (χ0v) is 16.0. The summed E-state index contributed by atoms with van der Waals surface area (Å²) < 4.78 is 32.7. The number of ether oxygens (including phenoxy) is 1. The van der Waals surface area contributed by atoms with Crippen LogP contribution in [0.1, 0.15) is 10.4 Å². The van der Waals surface area contributed by atoms with Gasteiger partial charge in [0.1, 0.15) is 10.6 Å². The number of hydrogen-bond acceptors (Lipinski definition) is 7. The fourth-order valence-electron chi connectivity index (χ4n) is 2.09. The largest absolute Gasteiger partial charge is 0.495 e. The van der Waals surface area contributed by atoms with Crippen LogP contribution in [0.5, 0.6) is 5.75 Å². The van der Waals surface area contributed by atoms with E-state index in [0.717, 1.165) is 5.75 Å². The number of amides is 1. The molecule has 0 spiro atoms. The van der Waals surface area contributed by atoms with Crippen molar-refractivity contribution in [3.05, 3.63) is 23.8 Å². The van der Waals surface area contributed by atoms with E-state index in [4.69, 9.17) is 4.74 Å². The van der Waals surface area contributed by atoms with Crippen LogP contribution in [0, 0.1) is 0 Å². The van der Waals surface area contributed by atoms with Gasteiger partial charge < -0.3 is 15.0 Å². The normalized spacial score (nSPS) is 14.5. The van der Waals surface area contributed by atoms with Crippen molar-refractivity contribution in [3.8, 4) is 5.75 Å². The van der Waals surface area contributed by atoms with Gasteiger partial charge in [0.2, 0.25) is 10.0 Å². The molecule has 1 aromatic rings. The molecule has 0 bridgehead atoms. The highest BCUT2D eigenvalue weighted by molar-refractivity contribution is 8.14. The van der Waals surface area contributed by atoms with E-state index in [2.05, 4.69) is 15.0 Å². The van der Waals surface area contributed by atoms with Crippen LogP contribution in [-0.2, 0) is 10.0 Å². The second kappa shape index (κ2) is 8.65. The summed E-state index contributed by atoms with van der Waals surface area (Å²) >= 11 is 1.45. The van der Waals surface area contributed by atoms with E-state index in [9.17, 15) is 13.2 Å². The molecule has 138 valence electrons. The van der Waals surface area contributed by atoms with Crippen molar-refractivity contribution in [2.75, 3.05) is 46.6 Å². The van der Waals surface area contributed by atoms with Crippen molar-refractivity contribution in [2.24, 2.45) is 4.99 Å². The average Bonchev–Trinajstić information content (AvgIpc) is 3.06. The van der Waals surface area contributed by atoms with Crippen LogP contribution < -0.4 is 14.8 Å². The molecule has 0 radical (unpaired) electrons. The highest BCUT2D eigenvalue weighted by Crippen LogP contribution is 2.25. The Labute approximate surface area is 152 Å². The quantitative estimate of drug-likeness (QED) is 0.702. The Balaban J connectivity index is 2.22. The van der Waals surface area contributed by atoms with E-state index >= 15 is 0 Å². The molecular weight excluding hydrogens is 364 g/mol. The third kappa shape index (κ3) is 5.43. The third-order valence-corrected chi connectivity index (χ3v) is 5.75. The summed E-state index contributed by atoms with van der Waals surface area (Å²) in [5.74, 6) is 0.607. The fourth-order valence-corrected chi connectivity index (χ4v) is 4.03. The van der Waals surface area contributed by atoms with Crippen LogP contribution in [0.25, 0.3) is 0 Å². The Morgan fingerprint density at radius 3 is 2.76 bits per heavy atom. The van der Waals surface area contributed by atoms with Gasteiger partial charge in [-0.1, -0.05) is 11.8 Å². The number of sulfonamides is 1. The Bertz CT molecular complexity index is 763. The fraction of sp³-hybridized carbons (Fsp3) is 0.467. The molecular formula is C15H22N4O4S2. The first kappa shape index (κ1) is 19.7. The molecule has 0 aromatic heterocycles. The maximum atomic E-state index is 12.5. The van der Waals surface area contributed by atoms with E-state index in [1.54, 1.807) is 0 Å². The van der Waals surface area contributed by atoms with Crippen LogP contribution >= 0.6 is 11.8 Å². The summed E-state index contributed by atoms with van der Waals surface area (Å²) in [5, 5.41) is 3.23. The van der Waals surface area contributed by atoms with Gasteiger partial charge in [0.25, 0.3) is 5.91 Å². The van der Waals surface area contributed by atoms with E-state index < -0.39 is 15.9 Å². The van der Waals surface area contributed by atoms with Crippen molar-refractivity contribution < 1.29 is 17.9 Å². The number of methoxy groups -OCH3 is 1. The first-order chi connectivity index (χ1) is 11.8. The minimum Gasteiger partial charge on any atom is -0.495 e. The van der Waals surface area contributed by atoms with Crippen molar-refractivity contribution in [3.63, 3.8) is 0 Å². The van der Waals surface area contributed by atoms with Crippen molar-refractivity contribution in [2.45, 2.75) is 4.90 Å². The number of carbonyl (C=O) groups is 1. The van der Waals surface area contributed by atoms with Gasteiger partial charge in [0.15, 0.2) is 5.17 Å². The summed E-state index contributed by atoms with van der Waals surface area (Å²) in [6.45, 7) is 1.47. The van der Waals surface area contributed by atoms with Crippen LogP contribution in [-0.4, -0.2) is 71.0 Å². The first-order valence-corrected chi connectivity index (χ1v) is 10.1. The molecule has 0 aliphatic carbocycles. The lowest BCUT2D eigenvalue weighted by Crippen LogP contribution is -2.32. The number of likely N-dealkylation sites (N-methyl/N-ethyl adjacent to an activating group) is 1. The Kier molecular flexibility index (Phi) is 6.82. The van der Waals surface area contributed by atoms with Crippen LogP contribution in [0.4, 0.5) is 0 Å². The second-order valence-electron chi connectivity index (χ2n) is 5.56. The standard InChI is InChI=1S/C15H22N4O4S2/c1-19(2)8-6-17-25(21,22)13-10-11(4-5-12(13)23-3)14(20)18-15-16-7-9-24-15/h4-5,10,17H,6-9H2,1-3H3,(H,16,18,20). The highest BCUT2D eigenvalue weighted by atomic mass is 32.2. The lowest BCUT2D eigenvalue weighted by Gasteiger charge is -2.14. The van der Waals surface area contributed by atoms with Crippen LogP contribution in [0.3, 0.4) is 0 Å². The summed E-state index contributed by atoms with van der Waals surface area (Å²) in [4.78, 5) is 18.3. The van der Waals surface area contributed by atoms with Gasteiger partial charge >= 0.3 is 0 Å². The van der Waals surface area contributed by atoms with Gasteiger partial charge in [-0.05, 0) is 32.3 Å². The first-order valence-electron chi connectivity index (χ1n) is 7.64. The number of thioether (sulfide) groups is 1. The molecule has 1 heterocycles. The molecule has 2 rings (SSSR count). The second-order valence-corrected chi connectivity index (χ2v) is 8.38. The van der Waals surface area contributed by atoms with E-state index in [1.807, 2.05) is 19.0 Å². The number of nitrogens with zero attached hydrogens (tertiary/aromatic N) is 2. The third-order valence-electron chi connectivity index (χ3n) is 3.37. The topological polar surface area (TPSA) is 100 Å². The Hall–Kier alpha value is -1.62. The van der Waals surface area contributed by atoms with Gasteiger partial charge in [-0.15, -0.1) is 0 Å². The zero-order valence-electron chi connectivity index (χ0n) is 14.4. The molecule has 0 saturated carbocycles. The van der Waals surface area contributed by atoms with Crippen molar-refractivity contribution >= 4 is 32.9 Å². The summed E-state index contributed by atoms with van der Waals surface area (Å²) in [6, 6.07) is 4.30. The summed E-state index contributed by atoms with van der Waals surface area (Å²) in [6.07, 6.45) is 0. The minimum absolute atomic E-state index is 0.0672. The maximum Gasteiger partial charge on any atom is 0.257 e. The van der Waals surface area contributed by atoms with Gasteiger partial charge in [-0.3, -0.25) is 9.79 Å². The number of benzene rings is 1. The molecule has 1 aromatic carbocycles. The molecule has 1 aliphatic rings. The summed E-state index contributed by atoms with van der Waals surface area (Å²) in [7, 11) is 1.29. The van der Waals surface area contributed by atoms with Gasteiger partial charge in [0.05, 0.1) is 13.7 Å². The molecule has 0 atom stereocenters. The number of nitrogens with one attached hydrogen (secondary N) is 2. The van der Waals surface area contributed by atoms with E-state index in [0.29, 0.717) is 18.3 Å². The van der Waals surface area contributed by atoms with Gasteiger partial charge in [0, 0.05) is 24.4 Å². The molecule has 0 unspecified atom stereocenters. The molecule has 8 nitrogen and oxygen atoms in total. The Morgan fingerprint density at radius 1 is 1.40 bits per heavy atom. The maximum absolute atomic E-state index is 12.5. The number of carbonyl (C=O) groups excluding carboxylic acids is 1. The number of hydrogen-bond donors (Lipinski definition) is 2. The lowest BCUT2D eigenvalue weighted by atomic mass is 10.2. The smallest absolute Gasteiger partial charge is 0.257 e. The molecule has 10 heteroatoms. The van der Waals surface area contributed by atoms with E-state index in [1.165, 1.54) is 37.1 Å². The molecule has 1 aliphatic heterocycles. The lowest BCUT2D eigenvalue weighted by molar-refractivity contribution is 0.0977. The Morgan fingerprint density at radius 2 is 2.16 bits per heavy atom. The van der Waals surface area contributed by atoms with Crippen molar-refractivity contribution in [1.29, 1.82) is 0 Å². The number of aliphatic imine (C=N–C) groups is 1. The van der Waals surface area contributed by atoms with Crippen molar-refractivity contribution in [1.82, 2.24) is 14.9 Å². The van der Waals surface area contributed by atoms with Crippen LogP contribution in [0.2, 0.25) is 0 Å². The minimum atomic E-state index is -3.80. The number of amidine groups is 1. The summed E-state index contributed by atoms with van der Waals surface area (Å²) in [5.41, 5.74) is 0.226. The van der Waals surface area contributed by atoms with Crippen LogP contribution in [0.15, 0.2) is 28.1 Å². The van der Waals surface area contributed by atoms with Gasteiger partial charge in [-0.2, -0.15) is 0 Å². The average molecular weight is 386 g/mol. The predicted octanol–water partition coefficient (Wildman–Crippen LogP) is 0.368. The molecule has 1 amide bonds. The number of rotatable bonds is 7. The van der Waals surface area contributed by atoms with Gasteiger partial charge in [-0.25, -0.2) is 13.1 Å². The zero-order chi connectivity index (χ0) is 18.4. The molecule has 0 fully saturated rings. The molecule has 0 saturated heterocycles.